The molecule has 1 rings (SSSR count). The zero-order valence-corrected chi connectivity index (χ0v) is 14.3. The van der Waals surface area contributed by atoms with Gasteiger partial charge in [0.05, 0.1) is 18.2 Å². The third-order valence-electron chi connectivity index (χ3n) is 2.74. The minimum atomic E-state index is -0.145. The van der Waals surface area contributed by atoms with Crippen LogP contribution in [-0.4, -0.2) is 39.4 Å². The first-order valence-electron chi connectivity index (χ1n) is 7.00. The summed E-state index contributed by atoms with van der Waals surface area (Å²) in [5.41, 5.74) is 0.526. The number of benzene rings is 1. The van der Waals surface area contributed by atoms with Gasteiger partial charge in [-0.1, -0.05) is 0 Å². The first kappa shape index (κ1) is 17.8. The number of nitrogens with one attached hydrogen (secondary N) is 1. The number of methoxy groups -OCH3 is 1. The molecule has 0 aromatic heterocycles. The normalized spacial score (nSPS) is 10.3. The number of rotatable bonds is 9. The van der Waals surface area contributed by atoms with E-state index < -0.39 is 0 Å². The number of hydrogen-bond acceptors (Lipinski definition) is 4. The molecule has 0 bridgehead atoms. The van der Waals surface area contributed by atoms with Crippen molar-refractivity contribution < 1.29 is 19.0 Å². The largest absolute Gasteiger partial charge is 0.493 e. The average molecular weight is 360 g/mol. The molecule has 0 saturated heterocycles. The van der Waals surface area contributed by atoms with Gasteiger partial charge in [0.1, 0.15) is 0 Å². The van der Waals surface area contributed by atoms with E-state index in [1.54, 1.807) is 19.2 Å². The number of amides is 1. The Morgan fingerprint density at radius 3 is 2.67 bits per heavy atom. The Morgan fingerprint density at radius 1 is 1.29 bits per heavy atom. The lowest BCUT2D eigenvalue weighted by Crippen LogP contribution is -2.25. The van der Waals surface area contributed by atoms with Crippen molar-refractivity contribution in [2.45, 2.75) is 20.3 Å². The van der Waals surface area contributed by atoms with Crippen LogP contribution >= 0.6 is 15.9 Å². The number of carbonyl (C=O) groups excluding carboxylic acids is 1. The summed E-state index contributed by atoms with van der Waals surface area (Å²) in [4.78, 5) is 12.1. The second kappa shape index (κ2) is 9.63. The second-order valence-corrected chi connectivity index (χ2v) is 5.08. The van der Waals surface area contributed by atoms with Gasteiger partial charge < -0.3 is 19.5 Å². The summed E-state index contributed by atoms with van der Waals surface area (Å²) in [6, 6.07) is 3.40. The third kappa shape index (κ3) is 5.55. The summed E-state index contributed by atoms with van der Waals surface area (Å²) in [5.74, 6) is 0.993. The van der Waals surface area contributed by atoms with Gasteiger partial charge in [0.25, 0.3) is 5.91 Å². The quantitative estimate of drug-likeness (QED) is 0.688. The summed E-state index contributed by atoms with van der Waals surface area (Å²) >= 11 is 3.41. The molecule has 6 heteroatoms. The van der Waals surface area contributed by atoms with Crippen LogP contribution in [0.2, 0.25) is 0 Å². The second-order valence-electron chi connectivity index (χ2n) is 4.23. The maximum atomic E-state index is 12.1. The number of ether oxygens (including phenoxy) is 3. The van der Waals surface area contributed by atoms with Crippen LogP contribution in [0.1, 0.15) is 30.6 Å². The molecule has 0 saturated carbocycles. The molecule has 1 aromatic rings. The highest BCUT2D eigenvalue weighted by molar-refractivity contribution is 9.10. The number of carbonyl (C=O) groups is 1. The van der Waals surface area contributed by atoms with Gasteiger partial charge in [-0.2, -0.15) is 0 Å². The molecule has 0 fully saturated rings. The lowest BCUT2D eigenvalue weighted by molar-refractivity contribution is 0.0943. The van der Waals surface area contributed by atoms with Crippen molar-refractivity contribution in [1.29, 1.82) is 0 Å². The summed E-state index contributed by atoms with van der Waals surface area (Å²) in [6.07, 6.45) is 0.787. The fraction of sp³-hybridized carbons (Fsp3) is 0.533. The van der Waals surface area contributed by atoms with Gasteiger partial charge in [0, 0.05) is 25.3 Å². The molecule has 0 aliphatic rings. The lowest BCUT2D eigenvalue weighted by Gasteiger charge is -2.13. The molecule has 0 spiro atoms. The van der Waals surface area contributed by atoms with E-state index in [9.17, 15) is 4.79 Å². The molecule has 0 aliphatic heterocycles. The van der Waals surface area contributed by atoms with Crippen LogP contribution in [0.25, 0.3) is 0 Å². The number of halogens is 1. The van der Waals surface area contributed by atoms with Crippen molar-refractivity contribution in [2.75, 3.05) is 33.5 Å². The van der Waals surface area contributed by atoms with E-state index in [1.165, 1.54) is 0 Å². The summed E-state index contributed by atoms with van der Waals surface area (Å²) in [7, 11) is 1.55. The molecule has 0 radical (unpaired) electrons. The van der Waals surface area contributed by atoms with Crippen LogP contribution in [0.4, 0.5) is 0 Å². The SMILES string of the molecule is CCOCCCNC(=O)c1cc(Br)c(OCC)c(OC)c1. The van der Waals surface area contributed by atoms with Crippen LogP contribution in [0, 0.1) is 0 Å². The Hall–Kier alpha value is -1.27. The van der Waals surface area contributed by atoms with Gasteiger partial charge in [-0.25, -0.2) is 0 Å². The standard InChI is InChI=1S/C15H22BrNO4/c1-4-20-8-6-7-17-15(18)11-9-12(16)14(21-5-2)13(10-11)19-3/h9-10H,4-8H2,1-3H3,(H,17,18). The van der Waals surface area contributed by atoms with Gasteiger partial charge >= 0.3 is 0 Å². The van der Waals surface area contributed by atoms with Gasteiger partial charge in [-0.15, -0.1) is 0 Å². The van der Waals surface area contributed by atoms with Crippen molar-refractivity contribution in [1.82, 2.24) is 5.32 Å². The van der Waals surface area contributed by atoms with E-state index >= 15 is 0 Å². The minimum absolute atomic E-state index is 0.145. The maximum Gasteiger partial charge on any atom is 0.251 e. The highest BCUT2D eigenvalue weighted by Crippen LogP contribution is 2.36. The summed E-state index contributed by atoms with van der Waals surface area (Å²) < 4.78 is 16.7. The molecule has 118 valence electrons. The zero-order valence-electron chi connectivity index (χ0n) is 12.7. The summed E-state index contributed by atoms with van der Waals surface area (Å²) in [5, 5.41) is 2.85. The van der Waals surface area contributed by atoms with Crippen LogP contribution in [0.3, 0.4) is 0 Å². The molecule has 0 heterocycles. The van der Waals surface area contributed by atoms with Gasteiger partial charge in [-0.3, -0.25) is 4.79 Å². The van der Waals surface area contributed by atoms with Crippen molar-refractivity contribution >= 4 is 21.8 Å². The van der Waals surface area contributed by atoms with E-state index in [1.807, 2.05) is 13.8 Å². The van der Waals surface area contributed by atoms with Crippen LogP contribution in [-0.2, 0) is 4.74 Å². The third-order valence-corrected chi connectivity index (χ3v) is 3.32. The van der Waals surface area contributed by atoms with E-state index in [4.69, 9.17) is 14.2 Å². The monoisotopic (exact) mass is 359 g/mol. The molecule has 1 amide bonds. The van der Waals surface area contributed by atoms with Crippen LogP contribution in [0.5, 0.6) is 11.5 Å². The topological polar surface area (TPSA) is 56.8 Å². The molecule has 1 aromatic carbocycles. The van der Waals surface area contributed by atoms with Crippen LogP contribution in [0.15, 0.2) is 16.6 Å². The highest BCUT2D eigenvalue weighted by atomic mass is 79.9. The fourth-order valence-electron chi connectivity index (χ4n) is 1.76. The maximum absolute atomic E-state index is 12.1. The molecule has 0 unspecified atom stereocenters. The van der Waals surface area contributed by atoms with Crippen molar-refractivity contribution in [3.63, 3.8) is 0 Å². The van der Waals surface area contributed by atoms with E-state index in [2.05, 4.69) is 21.2 Å². The molecule has 5 nitrogen and oxygen atoms in total. The molecular weight excluding hydrogens is 338 g/mol. The van der Waals surface area contributed by atoms with Gasteiger partial charge in [0.2, 0.25) is 0 Å². The first-order chi connectivity index (χ1) is 10.1. The van der Waals surface area contributed by atoms with E-state index in [0.717, 1.165) is 6.42 Å². The van der Waals surface area contributed by atoms with Crippen molar-refractivity contribution in [2.24, 2.45) is 0 Å². The molecule has 1 N–H and O–H groups in total. The van der Waals surface area contributed by atoms with Gasteiger partial charge in [0.15, 0.2) is 11.5 Å². The van der Waals surface area contributed by atoms with Gasteiger partial charge in [-0.05, 0) is 48.3 Å². The van der Waals surface area contributed by atoms with Crippen molar-refractivity contribution in [3.8, 4) is 11.5 Å². The molecular formula is C15H22BrNO4. The lowest BCUT2D eigenvalue weighted by atomic mass is 10.2. The Kier molecular flexibility index (Phi) is 8.15. The molecule has 0 atom stereocenters. The Labute approximate surface area is 134 Å². The number of hydrogen-bond donors (Lipinski definition) is 1. The Morgan fingerprint density at radius 2 is 2.05 bits per heavy atom. The molecule has 21 heavy (non-hydrogen) atoms. The highest BCUT2D eigenvalue weighted by Gasteiger charge is 2.15. The molecule has 0 aliphatic carbocycles. The van der Waals surface area contributed by atoms with Crippen molar-refractivity contribution in [3.05, 3.63) is 22.2 Å². The predicted molar refractivity (Wildman–Crippen MR) is 85.3 cm³/mol. The predicted octanol–water partition coefficient (Wildman–Crippen LogP) is 3.01. The van der Waals surface area contributed by atoms with E-state index in [-0.39, 0.29) is 5.91 Å². The smallest absolute Gasteiger partial charge is 0.251 e. The zero-order chi connectivity index (χ0) is 15.7. The van der Waals surface area contributed by atoms with Crippen LogP contribution < -0.4 is 14.8 Å². The Bertz CT molecular complexity index is 465. The average Bonchev–Trinajstić information content (AvgIpc) is 2.48. The minimum Gasteiger partial charge on any atom is -0.493 e. The first-order valence-corrected chi connectivity index (χ1v) is 7.79. The summed E-state index contributed by atoms with van der Waals surface area (Å²) in [6.45, 7) is 6.28. The fourth-order valence-corrected chi connectivity index (χ4v) is 2.31. The van der Waals surface area contributed by atoms with E-state index in [0.29, 0.717) is 47.9 Å². The Balaban J connectivity index is 2.70.